The van der Waals surface area contributed by atoms with Gasteiger partial charge in [-0.1, -0.05) is 30.3 Å². The van der Waals surface area contributed by atoms with Crippen molar-refractivity contribution in [1.29, 1.82) is 0 Å². The van der Waals surface area contributed by atoms with E-state index in [1.807, 2.05) is 37.3 Å². The molecule has 2 aromatic rings. The highest BCUT2D eigenvalue weighted by Crippen LogP contribution is 2.19. The number of phenols is 1. The average Bonchev–Trinajstić information content (AvgIpc) is 2.40. The number of hydrogen-bond donors (Lipinski definition) is 1. The second-order valence-electron chi connectivity index (χ2n) is 4.01. The molecule has 3 heteroatoms. The quantitative estimate of drug-likeness (QED) is 0.848. The maximum atomic E-state index is 9.21. The molecule has 0 aliphatic heterocycles. The summed E-state index contributed by atoms with van der Waals surface area (Å²) in [7, 11) is 0. The Morgan fingerprint density at radius 1 is 1.06 bits per heavy atom. The average molecular weight is 258 g/mol. The Hall–Kier alpha value is -1.87. The van der Waals surface area contributed by atoms with E-state index in [1.165, 1.54) is 0 Å². The summed E-state index contributed by atoms with van der Waals surface area (Å²) in [4.78, 5) is 0. The summed E-state index contributed by atoms with van der Waals surface area (Å²) >= 11 is 5.24. The third kappa shape index (κ3) is 3.08. The van der Waals surface area contributed by atoms with Gasteiger partial charge in [0.1, 0.15) is 11.9 Å². The molecule has 92 valence electrons. The maximum Gasteiger partial charge on any atom is 0.191 e. The lowest BCUT2D eigenvalue weighted by Gasteiger charge is -2.15. The summed E-state index contributed by atoms with van der Waals surface area (Å²) < 4.78 is 5.71. The van der Waals surface area contributed by atoms with Gasteiger partial charge in [-0.2, -0.15) is 0 Å². The molecule has 0 saturated heterocycles. The van der Waals surface area contributed by atoms with Crippen LogP contribution in [0, 0.1) is 0 Å². The zero-order valence-corrected chi connectivity index (χ0v) is 10.9. The molecule has 2 aromatic carbocycles. The molecule has 2 nitrogen and oxygen atoms in total. The van der Waals surface area contributed by atoms with Gasteiger partial charge >= 0.3 is 0 Å². The van der Waals surface area contributed by atoms with Gasteiger partial charge in [-0.05, 0) is 49.0 Å². The van der Waals surface area contributed by atoms with Crippen molar-refractivity contribution in [3.63, 3.8) is 0 Å². The highest BCUT2D eigenvalue weighted by Gasteiger charge is 2.10. The minimum Gasteiger partial charge on any atom is -0.508 e. The van der Waals surface area contributed by atoms with Crippen LogP contribution in [0.3, 0.4) is 0 Å². The second kappa shape index (κ2) is 5.65. The van der Waals surface area contributed by atoms with E-state index in [4.69, 9.17) is 17.0 Å². The summed E-state index contributed by atoms with van der Waals surface area (Å²) in [5.41, 5.74) is 1.88. The first-order chi connectivity index (χ1) is 8.66. The number of benzene rings is 2. The number of rotatable bonds is 3. The molecule has 0 aliphatic carbocycles. The fraction of sp³-hybridized carbons (Fsp3) is 0.133. The predicted octanol–water partition coefficient (Wildman–Crippen LogP) is 3.85. The Morgan fingerprint density at radius 2 is 1.67 bits per heavy atom. The van der Waals surface area contributed by atoms with E-state index in [2.05, 4.69) is 0 Å². The predicted molar refractivity (Wildman–Crippen MR) is 75.7 cm³/mol. The van der Waals surface area contributed by atoms with Crippen LogP contribution in [0.15, 0.2) is 54.6 Å². The Kier molecular flexibility index (Phi) is 3.95. The van der Waals surface area contributed by atoms with Crippen LogP contribution in [-0.2, 0) is 4.74 Å². The summed E-state index contributed by atoms with van der Waals surface area (Å²) in [6, 6.07) is 16.6. The van der Waals surface area contributed by atoms with Crippen LogP contribution in [0.2, 0.25) is 0 Å². The first kappa shape index (κ1) is 12.6. The van der Waals surface area contributed by atoms with Crippen molar-refractivity contribution in [2.45, 2.75) is 13.0 Å². The van der Waals surface area contributed by atoms with Gasteiger partial charge < -0.3 is 9.84 Å². The highest BCUT2D eigenvalue weighted by molar-refractivity contribution is 7.80. The second-order valence-corrected chi connectivity index (χ2v) is 4.38. The third-order valence-electron chi connectivity index (χ3n) is 2.66. The van der Waals surface area contributed by atoms with E-state index in [-0.39, 0.29) is 11.9 Å². The van der Waals surface area contributed by atoms with E-state index < -0.39 is 0 Å². The van der Waals surface area contributed by atoms with Gasteiger partial charge in [0.05, 0.1) is 0 Å². The Labute approximate surface area is 112 Å². The SMILES string of the molecule is CC(OC(=S)c1ccc(O)cc1)c1ccccc1. The molecule has 0 bridgehead atoms. The third-order valence-corrected chi connectivity index (χ3v) is 2.99. The summed E-state index contributed by atoms with van der Waals surface area (Å²) in [5.74, 6) is 0.220. The Morgan fingerprint density at radius 3 is 2.28 bits per heavy atom. The van der Waals surface area contributed by atoms with E-state index in [1.54, 1.807) is 24.3 Å². The monoisotopic (exact) mass is 258 g/mol. The lowest BCUT2D eigenvalue weighted by Crippen LogP contribution is -2.07. The standard InChI is InChI=1S/C15H14O2S/c1-11(12-5-3-2-4-6-12)17-15(18)13-7-9-14(16)10-8-13/h2-11,16H,1H3. The maximum absolute atomic E-state index is 9.21. The van der Waals surface area contributed by atoms with Crippen molar-refractivity contribution < 1.29 is 9.84 Å². The lowest BCUT2D eigenvalue weighted by atomic mass is 10.1. The fourth-order valence-electron chi connectivity index (χ4n) is 1.62. The van der Waals surface area contributed by atoms with E-state index in [0.717, 1.165) is 11.1 Å². The van der Waals surface area contributed by atoms with Crippen LogP contribution < -0.4 is 0 Å². The normalized spacial score (nSPS) is 11.8. The van der Waals surface area contributed by atoms with Crippen LogP contribution >= 0.6 is 12.2 Å². The zero-order valence-electron chi connectivity index (χ0n) is 10.0. The van der Waals surface area contributed by atoms with Crippen LogP contribution in [0.5, 0.6) is 5.75 Å². The molecule has 0 fully saturated rings. The molecule has 0 heterocycles. The van der Waals surface area contributed by atoms with E-state index in [9.17, 15) is 5.11 Å². The smallest absolute Gasteiger partial charge is 0.191 e. The lowest BCUT2D eigenvalue weighted by molar-refractivity contribution is 0.220. The first-order valence-electron chi connectivity index (χ1n) is 5.72. The van der Waals surface area contributed by atoms with Gasteiger partial charge in [-0.3, -0.25) is 0 Å². The van der Waals surface area contributed by atoms with Crippen molar-refractivity contribution >= 4 is 17.3 Å². The molecule has 1 unspecified atom stereocenters. The van der Waals surface area contributed by atoms with Crippen molar-refractivity contribution in [3.8, 4) is 5.75 Å². The van der Waals surface area contributed by atoms with Crippen molar-refractivity contribution in [1.82, 2.24) is 0 Å². The molecule has 0 spiro atoms. The van der Waals surface area contributed by atoms with Gasteiger partial charge in [-0.25, -0.2) is 0 Å². The summed E-state index contributed by atoms with van der Waals surface area (Å²) in [5, 5.41) is 9.65. The molecular weight excluding hydrogens is 244 g/mol. The fourth-order valence-corrected chi connectivity index (χ4v) is 1.90. The number of thiocarbonyl (C=S) groups is 1. The number of ether oxygens (including phenoxy) is 1. The molecule has 1 N–H and O–H groups in total. The number of hydrogen-bond acceptors (Lipinski definition) is 3. The molecule has 0 radical (unpaired) electrons. The molecule has 0 aliphatic rings. The summed E-state index contributed by atoms with van der Waals surface area (Å²) in [6.07, 6.45) is -0.0903. The molecule has 1 atom stereocenters. The molecule has 18 heavy (non-hydrogen) atoms. The number of aromatic hydroxyl groups is 1. The van der Waals surface area contributed by atoms with Gasteiger partial charge in [0.25, 0.3) is 0 Å². The van der Waals surface area contributed by atoms with Crippen molar-refractivity contribution in [2.75, 3.05) is 0 Å². The minimum absolute atomic E-state index is 0.0903. The van der Waals surface area contributed by atoms with Crippen molar-refractivity contribution in [3.05, 3.63) is 65.7 Å². The van der Waals surface area contributed by atoms with Gasteiger partial charge in [0.15, 0.2) is 5.05 Å². The Bertz CT molecular complexity index is 520. The Balaban J connectivity index is 2.06. The van der Waals surface area contributed by atoms with Crippen LogP contribution in [0.1, 0.15) is 24.2 Å². The molecule has 0 saturated carbocycles. The van der Waals surface area contributed by atoms with E-state index >= 15 is 0 Å². The van der Waals surface area contributed by atoms with E-state index in [0.29, 0.717) is 5.05 Å². The number of phenolic OH excluding ortho intramolecular Hbond substituents is 1. The zero-order chi connectivity index (χ0) is 13.0. The minimum atomic E-state index is -0.0903. The van der Waals surface area contributed by atoms with Crippen LogP contribution in [-0.4, -0.2) is 10.2 Å². The molecular formula is C15H14O2S. The van der Waals surface area contributed by atoms with Crippen molar-refractivity contribution in [2.24, 2.45) is 0 Å². The highest BCUT2D eigenvalue weighted by atomic mass is 32.1. The molecule has 2 rings (SSSR count). The van der Waals surface area contributed by atoms with Gasteiger partial charge in [0, 0.05) is 5.56 Å². The van der Waals surface area contributed by atoms with Gasteiger partial charge in [-0.15, -0.1) is 0 Å². The topological polar surface area (TPSA) is 29.5 Å². The van der Waals surface area contributed by atoms with Gasteiger partial charge in [0.2, 0.25) is 0 Å². The first-order valence-corrected chi connectivity index (χ1v) is 6.12. The van der Waals surface area contributed by atoms with Crippen LogP contribution in [0.25, 0.3) is 0 Å². The largest absolute Gasteiger partial charge is 0.508 e. The van der Waals surface area contributed by atoms with Crippen LogP contribution in [0.4, 0.5) is 0 Å². The molecule has 0 amide bonds. The molecule has 0 aromatic heterocycles. The summed E-state index contributed by atoms with van der Waals surface area (Å²) in [6.45, 7) is 1.96.